The lowest BCUT2D eigenvalue weighted by atomic mass is 9.38. The zero-order valence-electron chi connectivity index (χ0n) is 21.2. The van der Waals surface area contributed by atoms with E-state index in [1.54, 1.807) is 27.7 Å². The molecule has 0 aromatic carbocycles. The van der Waals surface area contributed by atoms with Gasteiger partial charge >= 0.3 is 17.9 Å². The van der Waals surface area contributed by atoms with Gasteiger partial charge in [0.2, 0.25) is 11.7 Å². The first-order valence-corrected chi connectivity index (χ1v) is 12.2. The molecule has 0 aromatic heterocycles. The Bertz CT molecular complexity index is 1190. The van der Waals surface area contributed by atoms with Gasteiger partial charge in [0.25, 0.3) is 0 Å². The Hall–Kier alpha value is -3.05. The molecule has 200 valence electrons. The molecular weight excluding hydrogens is 488 g/mol. The molecule has 2 saturated carbocycles. The Morgan fingerprint density at radius 3 is 2.49 bits per heavy atom. The van der Waals surface area contributed by atoms with E-state index in [1.165, 1.54) is 6.08 Å². The lowest BCUT2D eigenvalue weighted by Gasteiger charge is -2.65. The van der Waals surface area contributed by atoms with Gasteiger partial charge in [-0.05, 0) is 44.1 Å². The monoisotopic (exact) mass is 518 g/mol. The highest BCUT2D eigenvalue weighted by atomic mass is 16.6. The number of aliphatic hydroxyl groups is 2. The van der Waals surface area contributed by atoms with Crippen LogP contribution in [-0.4, -0.2) is 77.3 Å². The minimum Gasteiger partial charge on any atom is -0.504 e. The normalized spacial score (nSPS) is 43.9. The molecule has 2 saturated heterocycles. The van der Waals surface area contributed by atoms with Gasteiger partial charge in [0, 0.05) is 18.4 Å². The van der Waals surface area contributed by atoms with Gasteiger partial charge in [0.05, 0.1) is 25.0 Å². The van der Waals surface area contributed by atoms with Crippen LogP contribution in [0.2, 0.25) is 0 Å². The summed E-state index contributed by atoms with van der Waals surface area (Å²) in [6, 6.07) is 0. The number of esters is 3. The average Bonchev–Trinajstić information content (AvgIpc) is 3.12. The maximum absolute atomic E-state index is 14.0. The first kappa shape index (κ1) is 25.6. The number of hydrogen-bond acceptors (Lipinski definition) is 11. The van der Waals surface area contributed by atoms with Crippen LogP contribution in [0.5, 0.6) is 0 Å². The van der Waals surface area contributed by atoms with Gasteiger partial charge in [-0.15, -0.1) is 0 Å². The maximum Gasteiger partial charge on any atom is 0.348 e. The van der Waals surface area contributed by atoms with E-state index in [2.05, 4.69) is 0 Å². The number of carbonyl (C=O) groups is 5. The molecule has 5 rings (SSSR count). The van der Waals surface area contributed by atoms with Crippen molar-refractivity contribution in [3.05, 3.63) is 23.0 Å². The van der Waals surface area contributed by atoms with E-state index >= 15 is 0 Å². The fourth-order valence-electron chi connectivity index (χ4n) is 7.98. The molecule has 37 heavy (non-hydrogen) atoms. The lowest BCUT2D eigenvalue weighted by molar-refractivity contribution is -0.255. The Balaban J connectivity index is 1.75. The molecule has 2 N–H and O–H groups in total. The topological polar surface area (TPSA) is 163 Å². The highest BCUT2D eigenvalue weighted by Crippen LogP contribution is 2.71. The van der Waals surface area contributed by atoms with Crippen LogP contribution in [-0.2, 0) is 42.9 Å². The quantitative estimate of drug-likeness (QED) is 0.307. The lowest BCUT2D eigenvalue weighted by Crippen LogP contribution is -2.78. The zero-order chi connectivity index (χ0) is 27.2. The molecular formula is C26H30O11. The van der Waals surface area contributed by atoms with E-state index in [-0.39, 0.29) is 25.2 Å². The number of methoxy groups -OCH3 is 1. The summed E-state index contributed by atoms with van der Waals surface area (Å²) in [5.74, 6) is -7.54. The van der Waals surface area contributed by atoms with Gasteiger partial charge < -0.3 is 29.2 Å². The summed E-state index contributed by atoms with van der Waals surface area (Å²) in [5, 5.41) is 21.8. The highest BCUT2D eigenvalue weighted by Gasteiger charge is 2.85. The number of Topliss-reactive ketones (excluding diaryl/α,β-unsaturated/α-hetero) is 2. The first-order chi connectivity index (χ1) is 17.3. The van der Waals surface area contributed by atoms with Crippen LogP contribution in [0, 0.1) is 28.6 Å². The van der Waals surface area contributed by atoms with E-state index in [4.69, 9.17) is 18.9 Å². The van der Waals surface area contributed by atoms with E-state index in [9.17, 15) is 34.2 Å². The molecule has 3 aliphatic carbocycles. The highest BCUT2D eigenvalue weighted by molar-refractivity contribution is 6.01. The smallest absolute Gasteiger partial charge is 0.348 e. The number of carbonyl (C=O) groups excluding carboxylic acids is 5. The summed E-state index contributed by atoms with van der Waals surface area (Å²) in [6.07, 6.45) is -3.63. The molecule has 4 fully saturated rings. The fraction of sp³-hybridized carbons (Fsp3) is 0.654. The molecule has 0 radical (unpaired) electrons. The SMILES string of the molecule is COC(=O)C12OC[C@]34[C@H](C(=O)[C@H]1O)[C@@]1(C)CC(=O)C(O)=C(C)[C@@H]1C[C@H]3OC(=O)[C@H](OC(=O)C=C(C)C)[C@@H]24. The molecule has 11 heteroatoms. The van der Waals surface area contributed by atoms with Crippen LogP contribution in [0.15, 0.2) is 23.0 Å². The molecule has 0 amide bonds. The first-order valence-electron chi connectivity index (χ1n) is 12.2. The average molecular weight is 519 g/mol. The van der Waals surface area contributed by atoms with Crippen LogP contribution in [0.4, 0.5) is 0 Å². The second-order valence-corrected chi connectivity index (χ2v) is 11.3. The van der Waals surface area contributed by atoms with Gasteiger partial charge in [-0.25, -0.2) is 14.4 Å². The van der Waals surface area contributed by atoms with Gasteiger partial charge in [-0.1, -0.05) is 12.5 Å². The minimum atomic E-state index is -2.31. The van der Waals surface area contributed by atoms with Crippen LogP contribution in [0.1, 0.15) is 40.5 Å². The Morgan fingerprint density at radius 2 is 1.86 bits per heavy atom. The zero-order valence-corrected chi connectivity index (χ0v) is 21.2. The maximum atomic E-state index is 14.0. The van der Waals surface area contributed by atoms with Gasteiger partial charge in [-0.3, -0.25) is 9.59 Å². The molecule has 1 spiro atoms. The van der Waals surface area contributed by atoms with Crippen LogP contribution < -0.4 is 0 Å². The number of ether oxygens (including phenoxy) is 4. The number of fused-ring (bicyclic) bond motifs is 2. The van der Waals surface area contributed by atoms with E-state index in [0.717, 1.165) is 7.11 Å². The molecule has 5 aliphatic rings. The minimum absolute atomic E-state index is 0.136. The van der Waals surface area contributed by atoms with Crippen molar-refractivity contribution >= 4 is 29.5 Å². The second kappa shape index (κ2) is 7.97. The van der Waals surface area contributed by atoms with Crippen molar-refractivity contribution in [3.63, 3.8) is 0 Å². The van der Waals surface area contributed by atoms with E-state index in [1.807, 2.05) is 0 Å². The molecule has 2 bridgehead atoms. The number of aliphatic hydroxyl groups excluding tert-OH is 2. The molecule has 11 nitrogen and oxygen atoms in total. The van der Waals surface area contributed by atoms with Crippen molar-refractivity contribution < 1.29 is 53.1 Å². The standard InChI is InChI=1S/C26H30O11/c1-10(2)6-15(28)37-18-20-25-9-35-26(20,23(33)34-5)21(31)17(30)19(25)24(4)8-13(27)16(29)11(3)12(24)7-14(25)36-22(18)32/h6,12,14,18-21,29,31H,7-9H2,1-5H3/t12-,14+,18+,19+,20+,21+,24-,25+,26?/m0/s1. The van der Waals surface area contributed by atoms with Crippen molar-refractivity contribution in [1.29, 1.82) is 0 Å². The van der Waals surface area contributed by atoms with E-state index < -0.39 is 82.0 Å². The van der Waals surface area contributed by atoms with Gasteiger partial charge in [-0.2, -0.15) is 0 Å². The molecule has 1 unspecified atom stereocenters. The summed E-state index contributed by atoms with van der Waals surface area (Å²) in [4.78, 5) is 66.1. The van der Waals surface area contributed by atoms with Crippen molar-refractivity contribution in [2.24, 2.45) is 28.6 Å². The van der Waals surface area contributed by atoms with Crippen LogP contribution in [0.3, 0.4) is 0 Å². The summed E-state index contributed by atoms with van der Waals surface area (Å²) in [6.45, 7) is 6.36. The van der Waals surface area contributed by atoms with Crippen LogP contribution >= 0.6 is 0 Å². The fourth-order valence-corrected chi connectivity index (χ4v) is 7.98. The van der Waals surface area contributed by atoms with Crippen molar-refractivity contribution in [2.45, 2.75) is 64.4 Å². The van der Waals surface area contributed by atoms with Gasteiger partial charge in [0.15, 0.2) is 23.4 Å². The summed E-state index contributed by atoms with van der Waals surface area (Å²) in [7, 11) is 1.06. The molecule has 0 aromatic rings. The molecule has 2 heterocycles. The number of ketones is 2. The Labute approximate surface area is 212 Å². The third-order valence-corrected chi connectivity index (χ3v) is 9.25. The van der Waals surface area contributed by atoms with Gasteiger partial charge in [0.1, 0.15) is 6.10 Å². The summed E-state index contributed by atoms with van der Waals surface area (Å²) < 4.78 is 22.3. The third kappa shape index (κ3) is 2.98. The van der Waals surface area contributed by atoms with Crippen molar-refractivity contribution in [3.8, 4) is 0 Å². The Kier molecular flexibility index (Phi) is 5.52. The van der Waals surface area contributed by atoms with Crippen molar-refractivity contribution in [1.82, 2.24) is 0 Å². The number of allylic oxidation sites excluding steroid dienone is 3. The second-order valence-electron chi connectivity index (χ2n) is 11.3. The molecule has 9 atom stereocenters. The Morgan fingerprint density at radius 1 is 1.19 bits per heavy atom. The summed E-state index contributed by atoms with van der Waals surface area (Å²) in [5.41, 5.74) is -3.85. The summed E-state index contributed by atoms with van der Waals surface area (Å²) >= 11 is 0. The predicted molar refractivity (Wildman–Crippen MR) is 121 cm³/mol. The predicted octanol–water partition coefficient (Wildman–Crippen LogP) is 0.725. The number of hydrogen-bond donors (Lipinski definition) is 2. The largest absolute Gasteiger partial charge is 0.504 e. The van der Waals surface area contributed by atoms with Crippen LogP contribution in [0.25, 0.3) is 0 Å². The van der Waals surface area contributed by atoms with E-state index in [0.29, 0.717) is 11.1 Å². The van der Waals surface area contributed by atoms with Crippen molar-refractivity contribution in [2.75, 3.05) is 13.7 Å². The molecule has 2 aliphatic heterocycles. The third-order valence-electron chi connectivity index (χ3n) is 9.25. The number of rotatable bonds is 3.